The predicted molar refractivity (Wildman–Crippen MR) is 64.3 cm³/mol. The average molecular weight is 190 g/mol. The van der Waals surface area contributed by atoms with Crippen LogP contribution >= 0.6 is 0 Å². The minimum atomic E-state index is 0.736. The fourth-order valence-corrected chi connectivity index (χ4v) is 1.99. The summed E-state index contributed by atoms with van der Waals surface area (Å²) in [6, 6.07) is 0. The molecule has 0 spiro atoms. The maximum absolute atomic E-state index is 4.06. The third-order valence-electron chi connectivity index (χ3n) is 3.03. The first-order valence-corrected chi connectivity index (χ1v) is 5.57. The van der Waals surface area contributed by atoms with Crippen LogP contribution in [0.15, 0.2) is 36.0 Å². The molecule has 1 aliphatic rings. The van der Waals surface area contributed by atoms with E-state index in [1.54, 1.807) is 5.57 Å². The van der Waals surface area contributed by atoms with E-state index in [9.17, 15) is 0 Å². The first kappa shape index (κ1) is 11.3. The molecule has 1 aliphatic carbocycles. The second-order valence-electron chi connectivity index (χ2n) is 4.64. The second-order valence-corrected chi connectivity index (χ2v) is 4.64. The Morgan fingerprint density at radius 1 is 1.43 bits per heavy atom. The summed E-state index contributed by atoms with van der Waals surface area (Å²) in [7, 11) is 0. The summed E-state index contributed by atoms with van der Waals surface area (Å²) in [5, 5.41) is 0. The predicted octanol–water partition coefficient (Wildman–Crippen LogP) is 4.65. The van der Waals surface area contributed by atoms with Gasteiger partial charge in [0, 0.05) is 0 Å². The van der Waals surface area contributed by atoms with E-state index in [1.165, 1.54) is 36.8 Å². The fourth-order valence-electron chi connectivity index (χ4n) is 1.99. The Morgan fingerprint density at radius 2 is 2.14 bits per heavy atom. The standard InChI is InChI=1S/C14H22/c1-11(2)8-9-13-6-5-7-14(10-13)12(3)4/h6,14H,1,3,5,7-10H2,2,4H3/t14-/m1/s1. The van der Waals surface area contributed by atoms with Gasteiger partial charge in [0.1, 0.15) is 0 Å². The van der Waals surface area contributed by atoms with Gasteiger partial charge in [-0.3, -0.25) is 0 Å². The lowest BCUT2D eigenvalue weighted by atomic mass is 9.83. The maximum Gasteiger partial charge on any atom is -0.0168 e. The van der Waals surface area contributed by atoms with E-state index >= 15 is 0 Å². The van der Waals surface area contributed by atoms with Crippen LogP contribution in [-0.4, -0.2) is 0 Å². The molecule has 0 fully saturated rings. The minimum absolute atomic E-state index is 0.736. The summed E-state index contributed by atoms with van der Waals surface area (Å²) in [5.74, 6) is 0.736. The van der Waals surface area contributed by atoms with E-state index in [1.807, 2.05) is 0 Å². The van der Waals surface area contributed by atoms with Crippen LogP contribution in [0.2, 0.25) is 0 Å². The molecule has 0 amide bonds. The molecule has 0 N–H and O–H groups in total. The Hall–Kier alpha value is -0.780. The zero-order valence-electron chi connectivity index (χ0n) is 9.60. The SMILES string of the molecule is C=C(C)CCC1=CCC[C@@H](C(=C)C)C1. The number of hydrogen-bond acceptors (Lipinski definition) is 0. The smallest absolute Gasteiger partial charge is 0.0168 e. The monoisotopic (exact) mass is 190 g/mol. The van der Waals surface area contributed by atoms with Gasteiger partial charge in [0.2, 0.25) is 0 Å². The third-order valence-corrected chi connectivity index (χ3v) is 3.03. The van der Waals surface area contributed by atoms with Gasteiger partial charge in [0.25, 0.3) is 0 Å². The second kappa shape index (κ2) is 5.19. The first-order valence-electron chi connectivity index (χ1n) is 5.57. The Balaban J connectivity index is 2.43. The molecule has 1 atom stereocenters. The van der Waals surface area contributed by atoms with Crippen LogP contribution in [0.1, 0.15) is 46.0 Å². The molecule has 0 aromatic heterocycles. The van der Waals surface area contributed by atoms with E-state index in [2.05, 4.69) is 33.1 Å². The summed E-state index contributed by atoms with van der Waals surface area (Å²) in [6.45, 7) is 12.3. The lowest BCUT2D eigenvalue weighted by Crippen LogP contribution is -2.07. The molecule has 0 aromatic carbocycles. The maximum atomic E-state index is 4.06. The molecule has 0 aromatic rings. The number of allylic oxidation sites excluding steroid dienone is 4. The van der Waals surface area contributed by atoms with Gasteiger partial charge in [-0.15, -0.1) is 6.58 Å². The summed E-state index contributed by atoms with van der Waals surface area (Å²) in [6.07, 6.45) is 8.55. The summed E-state index contributed by atoms with van der Waals surface area (Å²) in [4.78, 5) is 0. The highest BCUT2D eigenvalue weighted by atomic mass is 14.2. The molecule has 0 saturated carbocycles. The largest absolute Gasteiger partial charge is 0.100 e. The van der Waals surface area contributed by atoms with Crippen molar-refractivity contribution < 1.29 is 0 Å². The molecule has 0 aliphatic heterocycles. The highest BCUT2D eigenvalue weighted by Gasteiger charge is 2.15. The molecule has 0 radical (unpaired) electrons. The molecule has 0 heteroatoms. The Kier molecular flexibility index (Phi) is 4.19. The van der Waals surface area contributed by atoms with Crippen molar-refractivity contribution in [2.75, 3.05) is 0 Å². The van der Waals surface area contributed by atoms with Gasteiger partial charge < -0.3 is 0 Å². The van der Waals surface area contributed by atoms with E-state index in [0.29, 0.717) is 0 Å². The molecule has 78 valence electrons. The van der Waals surface area contributed by atoms with Gasteiger partial charge in [-0.1, -0.05) is 29.4 Å². The van der Waals surface area contributed by atoms with Gasteiger partial charge in [0.05, 0.1) is 0 Å². The summed E-state index contributed by atoms with van der Waals surface area (Å²) >= 11 is 0. The summed E-state index contributed by atoms with van der Waals surface area (Å²) < 4.78 is 0. The van der Waals surface area contributed by atoms with Crippen LogP contribution in [-0.2, 0) is 0 Å². The van der Waals surface area contributed by atoms with Crippen molar-refractivity contribution in [1.29, 1.82) is 0 Å². The van der Waals surface area contributed by atoms with Crippen LogP contribution < -0.4 is 0 Å². The summed E-state index contributed by atoms with van der Waals surface area (Å²) in [5.41, 5.74) is 4.27. The number of rotatable bonds is 4. The lowest BCUT2D eigenvalue weighted by Gasteiger charge is -2.23. The van der Waals surface area contributed by atoms with E-state index < -0.39 is 0 Å². The van der Waals surface area contributed by atoms with Gasteiger partial charge in [0.15, 0.2) is 0 Å². The topological polar surface area (TPSA) is 0 Å². The normalized spacial score (nSPS) is 21.6. The van der Waals surface area contributed by atoms with Crippen LogP contribution in [0.5, 0.6) is 0 Å². The highest BCUT2D eigenvalue weighted by Crippen LogP contribution is 2.31. The molecule has 0 heterocycles. The van der Waals surface area contributed by atoms with Crippen molar-refractivity contribution in [2.24, 2.45) is 5.92 Å². The van der Waals surface area contributed by atoms with Crippen LogP contribution in [0.25, 0.3) is 0 Å². The Labute approximate surface area is 88.4 Å². The highest BCUT2D eigenvalue weighted by molar-refractivity contribution is 5.14. The molecule has 14 heavy (non-hydrogen) atoms. The van der Waals surface area contributed by atoms with Gasteiger partial charge in [-0.05, 0) is 51.9 Å². The quantitative estimate of drug-likeness (QED) is 0.566. The molecule has 0 saturated heterocycles. The third kappa shape index (κ3) is 3.53. The van der Waals surface area contributed by atoms with Gasteiger partial charge in [-0.25, -0.2) is 0 Å². The first-order chi connectivity index (χ1) is 6.59. The zero-order chi connectivity index (χ0) is 10.6. The van der Waals surface area contributed by atoms with Crippen molar-refractivity contribution in [3.8, 4) is 0 Å². The van der Waals surface area contributed by atoms with Crippen molar-refractivity contribution in [3.05, 3.63) is 36.0 Å². The van der Waals surface area contributed by atoms with Gasteiger partial charge in [-0.2, -0.15) is 0 Å². The zero-order valence-corrected chi connectivity index (χ0v) is 9.60. The van der Waals surface area contributed by atoms with Crippen LogP contribution in [0.3, 0.4) is 0 Å². The van der Waals surface area contributed by atoms with Gasteiger partial charge >= 0.3 is 0 Å². The van der Waals surface area contributed by atoms with Crippen LogP contribution in [0, 0.1) is 5.92 Å². The number of hydrogen-bond donors (Lipinski definition) is 0. The fraction of sp³-hybridized carbons (Fsp3) is 0.571. The average Bonchev–Trinajstić information content (AvgIpc) is 2.15. The van der Waals surface area contributed by atoms with E-state index in [4.69, 9.17) is 0 Å². The van der Waals surface area contributed by atoms with E-state index in [-0.39, 0.29) is 0 Å². The van der Waals surface area contributed by atoms with Crippen LogP contribution in [0.4, 0.5) is 0 Å². The molecule has 0 unspecified atom stereocenters. The van der Waals surface area contributed by atoms with E-state index in [0.717, 1.165) is 12.3 Å². The van der Waals surface area contributed by atoms with Crippen molar-refractivity contribution in [1.82, 2.24) is 0 Å². The molecular weight excluding hydrogens is 168 g/mol. The molecule has 1 rings (SSSR count). The van der Waals surface area contributed by atoms with Crippen molar-refractivity contribution in [3.63, 3.8) is 0 Å². The molecular formula is C14H22. The molecule has 0 bridgehead atoms. The van der Waals surface area contributed by atoms with Crippen molar-refractivity contribution in [2.45, 2.75) is 46.0 Å². The molecule has 0 nitrogen and oxygen atoms in total. The Bertz CT molecular complexity index is 255. The minimum Gasteiger partial charge on any atom is -0.100 e. The Morgan fingerprint density at radius 3 is 2.71 bits per heavy atom. The lowest BCUT2D eigenvalue weighted by molar-refractivity contribution is 0.524. The van der Waals surface area contributed by atoms with Crippen molar-refractivity contribution >= 4 is 0 Å².